The molecule has 20 heavy (non-hydrogen) atoms. The standard InChI is InChI=1S/C14H16F3NO2/c1-13(12(19)20)8-4-5-9-18(13)11-7-3-2-6-10(11)14(15,16)17/h2-3,6-7H,4-5,8-9H2,1H3,(H,19,20). The third kappa shape index (κ3) is 2.46. The van der Waals surface area contributed by atoms with Gasteiger partial charge in [-0.15, -0.1) is 0 Å². The molecule has 1 aromatic carbocycles. The number of carboxylic acids is 1. The summed E-state index contributed by atoms with van der Waals surface area (Å²) in [5.41, 5.74) is -2.13. The molecule has 0 saturated carbocycles. The van der Waals surface area contributed by atoms with E-state index in [1.165, 1.54) is 30.0 Å². The van der Waals surface area contributed by atoms with Gasteiger partial charge in [-0.2, -0.15) is 13.2 Å². The van der Waals surface area contributed by atoms with Crippen molar-refractivity contribution in [3.8, 4) is 0 Å². The average molecular weight is 287 g/mol. The molecule has 1 aliphatic heterocycles. The molecule has 6 heteroatoms. The predicted octanol–water partition coefficient (Wildman–Crippen LogP) is 3.54. The van der Waals surface area contributed by atoms with Gasteiger partial charge in [-0.05, 0) is 38.3 Å². The van der Waals surface area contributed by atoms with Crippen LogP contribution in [0, 0.1) is 0 Å². The average Bonchev–Trinajstić information content (AvgIpc) is 2.38. The maximum absolute atomic E-state index is 13.1. The molecule has 1 heterocycles. The van der Waals surface area contributed by atoms with Crippen molar-refractivity contribution < 1.29 is 23.1 Å². The lowest BCUT2D eigenvalue weighted by molar-refractivity contribution is -0.144. The second kappa shape index (κ2) is 5.00. The van der Waals surface area contributed by atoms with E-state index in [4.69, 9.17) is 0 Å². The smallest absolute Gasteiger partial charge is 0.418 e. The molecule has 2 rings (SSSR count). The Morgan fingerprint density at radius 3 is 2.55 bits per heavy atom. The van der Waals surface area contributed by atoms with Crippen molar-refractivity contribution in [3.63, 3.8) is 0 Å². The van der Waals surface area contributed by atoms with Gasteiger partial charge >= 0.3 is 12.1 Å². The summed E-state index contributed by atoms with van der Waals surface area (Å²) in [6.45, 7) is 1.80. The Balaban J connectivity index is 2.52. The maximum atomic E-state index is 13.1. The molecule has 3 nitrogen and oxygen atoms in total. The quantitative estimate of drug-likeness (QED) is 0.904. The summed E-state index contributed by atoms with van der Waals surface area (Å²) in [7, 11) is 0. The first kappa shape index (κ1) is 14.7. The summed E-state index contributed by atoms with van der Waals surface area (Å²) in [5.74, 6) is -1.09. The Morgan fingerprint density at radius 1 is 1.30 bits per heavy atom. The number of anilines is 1. The zero-order valence-electron chi connectivity index (χ0n) is 11.1. The molecule has 1 unspecified atom stereocenters. The van der Waals surface area contributed by atoms with Crippen LogP contribution in [0.1, 0.15) is 31.7 Å². The zero-order valence-corrected chi connectivity index (χ0v) is 11.1. The number of halogens is 3. The van der Waals surface area contributed by atoms with Crippen LogP contribution >= 0.6 is 0 Å². The van der Waals surface area contributed by atoms with Crippen molar-refractivity contribution in [1.29, 1.82) is 0 Å². The van der Waals surface area contributed by atoms with Gasteiger partial charge in [-0.1, -0.05) is 12.1 Å². The summed E-state index contributed by atoms with van der Waals surface area (Å²) in [6, 6.07) is 5.15. The summed E-state index contributed by atoms with van der Waals surface area (Å²) in [5, 5.41) is 9.40. The number of carbonyl (C=O) groups is 1. The zero-order chi connectivity index (χ0) is 15.0. The Bertz CT molecular complexity index is 515. The van der Waals surface area contributed by atoms with Crippen molar-refractivity contribution in [3.05, 3.63) is 29.8 Å². The van der Waals surface area contributed by atoms with E-state index < -0.39 is 23.2 Å². The lowest BCUT2D eigenvalue weighted by Gasteiger charge is -2.44. The molecule has 1 fully saturated rings. The number of aliphatic carboxylic acids is 1. The van der Waals surface area contributed by atoms with E-state index >= 15 is 0 Å². The van der Waals surface area contributed by atoms with E-state index in [9.17, 15) is 23.1 Å². The summed E-state index contributed by atoms with van der Waals surface area (Å²) in [6.07, 6.45) is -2.76. The van der Waals surface area contributed by atoms with Crippen LogP contribution in [0.3, 0.4) is 0 Å². The fourth-order valence-corrected chi connectivity index (χ4v) is 2.68. The molecule has 1 aromatic rings. The Kier molecular flexibility index (Phi) is 3.67. The molecule has 0 bridgehead atoms. The van der Waals surface area contributed by atoms with Crippen LogP contribution in [0.2, 0.25) is 0 Å². The Hall–Kier alpha value is -1.72. The van der Waals surface area contributed by atoms with Gasteiger partial charge in [-0.3, -0.25) is 0 Å². The van der Waals surface area contributed by atoms with E-state index in [-0.39, 0.29) is 5.69 Å². The minimum absolute atomic E-state index is 0.0513. The van der Waals surface area contributed by atoms with E-state index in [1.807, 2.05) is 0 Å². The van der Waals surface area contributed by atoms with Crippen LogP contribution < -0.4 is 4.90 Å². The molecule has 0 aromatic heterocycles. The maximum Gasteiger partial charge on any atom is 0.418 e. The first-order valence-corrected chi connectivity index (χ1v) is 6.44. The van der Waals surface area contributed by atoms with Crippen LogP contribution in [0.5, 0.6) is 0 Å². The molecule has 1 aliphatic rings. The van der Waals surface area contributed by atoms with Gasteiger partial charge in [-0.25, -0.2) is 4.79 Å². The predicted molar refractivity (Wildman–Crippen MR) is 68.7 cm³/mol. The number of piperidine rings is 1. The normalized spacial score (nSPS) is 23.7. The van der Waals surface area contributed by atoms with Gasteiger partial charge in [0.25, 0.3) is 0 Å². The number of hydrogen-bond acceptors (Lipinski definition) is 2. The summed E-state index contributed by atoms with van der Waals surface area (Å²) in [4.78, 5) is 12.9. The minimum Gasteiger partial charge on any atom is -0.480 e. The lowest BCUT2D eigenvalue weighted by atomic mass is 9.87. The Labute approximate surface area is 115 Å². The van der Waals surface area contributed by atoms with Crippen LogP contribution in [0.4, 0.5) is 18.9 Å². The van der Waals surface area contributed by atoms with E-state index in [1.54, 1.807) is 0 Å². The van der Waals surface area contributed by atoms with Gasteiger partial charge in [0.2, 0.25) is 0 Å². The summed E-state index contributed by atoms with van der Waals surface area (Å²) >= 11 is 0. The highest BCUT2D eigenvalue weighted by Crippen LogP contribution is 2.41. The molecule has 1 atom stereocenters. The largest absolute Gasteiger partial charge is 0.480 e. The van der Waals surface area contributed by atoms with Crippen LogP contribution in [-0.2, 0) is 11.0 Å². The molecule has 0 aliphatic carbocycles. The summed E-state index contributed by atoms with van der Waals surface area (Å²) < 4.78 is 39.2. The van der Waals surface area contributed by atoms with Crippen LogP contribution in [0.15, 0.2) is 24.3 Å². The number of benzene rings is 1. The van der Waals surface area contributed by atoms with E-state index in [0.29, 0.717) is 25.8 Å². The van der Waals surface area contributed by atoms with Gasteiger partial charge in [0.05, 0.1) is 5.56 Å². The SMILES string of the molecule is CC1(C(=O)O)CCCCN1c1ccccc1C(F)(F)F. The third-order valence-corrected chi connectivity index (χ3v) is 3.85. The number of rotatable bonds is 2. The highest BCUT2D eigenvalue weighted by molar-refractivity contribution is 5.84. The highest BCUT2D eigenvalue weighted by Gasteiger charge is 2.44. The van der Waals surface area contributed by atoms with Crippen LogP contribution in [0.25, 0.3) is 0 Å². The van der Waals surface area contributed by atoms with Crippen molar-refractivity contribution in [2.75, 3.05) is 11.4 Å². The first-order chi connectivity index (χ1) is 9.27. The van der Waals surface area contributed by atoms with Gasteiger partial charge in [0.15, 0.2) is 0 Å². The van der Waals surface area contributed by atoms with Gasteiger partial charge in [0.1, 0.15) is 5.54 Å². The van der Waals surface area contributed by atoms with Crippen molar-refractivity contribution in [1.82, 2.24) is 0 Å². The highest BCUT2D eigenvalue weighted by atomic mass is 19.4. The first-order valence-electron chi connectivity index (χ1n) is 6.44. The molecular weight excluding hydrogens is 271 g/mol. The molecular formula is C14H16F3NO2. The minimum atomic E-state index is -4.49. The molecule has 110 valence electrons. The van der Waals surface area contributed by atoms with Gasteiger partial charge in [0, 0.05) is 12.2 Å². The topological polar surface area (TPSA) is 40.5 Å². The van der Waals surface area contributed by atoms with Gasteiger partial charge < -0.3 is 10.0 Å². The van der Waals surface area contributed by atoms with E-state index in [2.05, 4.69) is 0 Å². The number of nitrogens with zero attached hydrogens (tertiary/aromatic N) is 1. The number of hydrogen-bond donors (Lipinski definition) is 1. The molecule has 0 amide bonds. The van der Waals surface area contributed by atoms with Crippen molar-refractivity contribution in [2.24, 2.45) is 0 Å². The number of para-hydroxylation sites is 1. The second-order valence-electron chi connectivity index (χ2n) is 5.20. The molecule has 1 N–H and O–H groups in total. The van der Waals surface area contributed by atoms with E-state index in [0.717, 1.165) is 6.07 Å². The fourth-order valence-electron chi connectivity index (χ4n) is 2.68. The van der Waals surface area contributed by atoms with Crippen LogP contribution in [-0.4, -0.2) is 23.2 Å². The number of carboxylic acid groups (broad SMARTS) is 1. The third-order valence-electron chi connectivity index (χ3n) is 3.85. The lowest BCUT2D eigenvalue weighted by Crippen LogP contribution is -2.55. The van der Waals surface area contributed by atoms with Crippen molar-refractivity contribution in [2.45, 2.75) is 37.9 Å². The molecule has 1 saturated heterocycles. The molecule has 0 radical (unpaired) electrons. The monoisotopic (exact) mass is 287 g/mol. The molecule has 0 spiro atoms. The Morgan fingerprint density at radius 2 is 1.95 bits per heavy atom. The fraction of sp³-hybridized carbons (Fsp3) is 0.500. The second-order valence-corrected chi connectivity index (χ2v) is 5.20. The van der Waals surface area contributed by atoms with Crippen molar-refractivity contribution >= 4 is 11.7 Å². The number of alkyl halides is 3.